The van der Waals surface area contributed by atoms with Gasteiger partial charge in [0.15, 0.2) is 0 Å². The van der Waals surface area contributed by atoms with E-state index in [-0.39, 0.29) is 5.41 Å². The number of aryl methyl sites for hydroxylation is 3. The quantitative estimate of drug-likeness (QED) is 0.354. The summed E-state index contributed by atoms with van der Waals surface area (Å²) in [7, 11) is 0. The van der Waals surface area contributed by atoms with Gasteiger partial charge < -0.3 is 10.6 Å². The number of benzene rings is 2. The minimum absolute atomic E-state index is 0.237. The zero-order valence-corrected chi connectivity index (χ0v) is 23.5. The molecule has 0 unspecified atom stereocenters. The van der Waals surface area contributed by atoms with Crippen molar-refractivity contribution in [3.63, 3.8) is 0 Å². The van der Waals surface area contributed by atoms with Crippen molar-refractivity contribution in [3.05, 3.63) is 94.4 Å². The van der Waals surface area contributed by atoms with Gasteiger partial charge in [0.2, 0.25) is 0 Å². The van der Waals surface area contributed by atoms with Gasteiger partial charge in [0.05, 0.1) is 17.1 Å². The molecule has 1 saturated carbocycles. The van der Waals surface area contributed by atoms with Gasteiger partial charge in [-0.25, -0.2) is 0 Å². The molecule has 0 spiro atoms. The molecular weight excluding hydrogens is 466 g/mol. The number of anilines is 2. The first-order valence-corrected chi connectivity index (χ1v) is 13.9. The number of hydrogen-bond donors (Lipinski definition) is 1. The third-order valence-corrected chi connectivity index (χ3v) is 7.90. The van der Waals surface area contributed by atoms with Crippen molar-refractivity contribution in [1.29, 1.82) is 0 Å². The lowest BCUT2D eigenvalue weighted by Crippen LogP contribution is -2.23. The molecule has 2 N–H and O–H groups in total. The molecule has 38 heavy (non-hydrogen) atoms. The average molecular weight is 508 g/mol. The van der Waals surface area contributed by atoms with Gasteiger partial charge in [0.1, 0.15) is 5.69 Å². The first-order chi connectivity index (χ1) is 18.1. The van der Waals surface area contributed by atoms with Gasteiger partial charge in [0, 0.05) is 18.8 Å². The van der Waals surface area contributed by atoms with Gasteiger partial charge >= 0.3 is 0 Å². The molecule has 3 aromatic rings. The maximum Gasteiger partial charge on any atom is 0.109 e. The highest BCUT2D eigenvalue weighted by Crippen LogP contribution is 2.43. The van der Waals surface area contributed by atoms with Crippen molar-refractivity contribution in [2.45, 2.75) is 72.8 Å². The fourth-order valence-electron chi connectivity index (χ4n) is 6.00. The van der Waals surface area contributed by atoms with E-state index in [1.807, 2.05) is 0 Å². The summed E-state index contributed by atoms with van der Waals surface area (Å²) in [6.07, 6.45) is 8.63. The van der Waals surface area contributed by atoms with Gasteiger partial charge in [-0.15, -0.1) is 4.80 Å². The standard InChI is InChI=1S/C33H41N5/c1-7-37(27-14-12-25(13-15-27)18-28-23(3)19-33(5,6)20-24(28)4)21-26-16-22(2)17-31(32(26)34)38-35-29-10-8-9-11-30(29)36-38/h12-18H,3-4,7-11,19-21,34H2,1-2,5-6H3. The normalized spacial score (nSPS) is 16.9. The van der Waals surface area contributed by atoms with E-state index in [1.54, 1.807) is 4.80 Å². The fraction of sp³-hybridized carbons (Fsp3) is 0.394. The zero-order chi connectivity index (χ0) is 27.0. The van der Waals surface area contributed by atoms with Crippen molar-refractivity contribution in [2.75, 3.05) is 17.2 Å². The molecule has 0 atom stereocenters. The first-order valence-electron chi connectivity index (χ1n) is 13.9. The van der Waals surface area contributed by atoms with Crippen molar-refractivity contribution in [3.8, 4) is 5.69 Å². The van der Waals surface area contributed by atoms with Crippen LogP contribution in [0.15, 0.2) is 66.3 Å². The number of hydrogen-bond acceptors (Lipinski definition) is 4. The molecular formula is C33H41N5. The molecule has 1 aromatic heterocycles. The molecule has 5 nitrogen and oxygen atoms in total. The lowest BCUT2D eigenvalue weighted by molar-refractivity contribution is 0.350. The molecule has 5 rings (SSSR count). The molecule has 2 aromatic carbocycles. The molecule has 1 heterocycles. The number of nitrogen functional groups attached to an aromatic ring is 1. The van der Waals surface area contributed by atoms with E-state index < -0.39 is 0 Å². The predicted molar refractivity (Wildman–Crippen MR) is 160 cm³/mol. The maximum atomic E-state index is 6.74. The van der Waals surface area contributed by atoms with Crippen LogP contribution >= 0.6 is 0 Å². The van der Waals surface area contributed by atoms with Crippen LogP contribution < -0.4 is 10.6 Å². The van der Waals surface area contributed by atoms with Crippen LogP contribution in [0.3, 0.4) is 0 Å². The van der Waals surface area contributed by atoms with E-state index in [1.165, 1.54) is 40.8 Å². The van der Waals surface area contributed by atoms with E-state index in [4.69, 9.17) is 15.9 Å². The van der Waals surface area contributed by atoms with E-state index in [9.17, 15) is 0 Å². The number of rotatable bonds is 6. The summed E-state index contributed by atoms with van der Waals surface area (Å²) in [4.78, 5) is 4.11. The minimum atomic E-state index is 0.237. The van der Waals surface area contributed by atoms with E-state index in [0.717, 1.165) is 72.7 Å². The maximum absolute atomic E-state index is 6.74. The fourth-order valence-corrected chi connectivity index (χ4v) is 6.00. The van der Waals surface area contributed by atoms with Crippen LogP contribution in [0, 0.1) is 12.3 Å². The topological polar surface area (TPSA) is 60.0 Å². The number of aromatic nitrogens is 3. The number of allylic oxidation sites excluding steroid dienone is 3. The summed E-state index contributed by atoms with van der Waals surface area (Å²) in [5.74, 6) is 0. The van der Waals surface area contributed by atoms with Gasteiger partial charge in [-0.2, -0.15) is 10.2 Å². The molecule has 0 bridgehead atoms. The Morgan fingerprint density at radius 1 is 1.00 bits per heavy atom. The van der Waals surface area contributed by atoms with Crippen molar-refractivity contribution in [2.24, 2.45) is 5.41 Å². The van der Waals surface area contributed by atoms with Crippen LogP contribution in [-0.4, -0.2) is 21.5 Å². The molecule has 5 heteroatoms. The Labute approximate surface area is 227 Å². The van der Waals surface area contributed by atoms with Crippen LogP contribution in [0.25, 0.3) is 11.8 Å². The van der Waals surface area contributed by atoms with Gasteiger partial charge in [-0.3, -0.25) is 0 Å². The van der Waals surface area contributed by atoms with Gasteiger partial charge in [-0.1, -0.05) is 45.2 Å². The summed E-state index contributed by atoms with van der Waals surface area (Å²) in [6.45, 7) is 19.2. The summed E-state index contributed by atoms with van der Waals surface area (Å²) in [5, 5.41) is 9.58. The van der Waals surface area contributed by atoms with E-state index in [2.05, 4.69) is 88.2 Å². The van der Waals surface area contributed by atoms with Crippen LogP contribution in [0.1, 0.15) is 74.5 Å². The second-order valence-corrected chi connectivity index (χ2v) is 11.8. The Morgan fingerprint density at radius 3 is 2.18 bits per heavy atom. The molecule has 1 fully saturated rings. The minimum Gasteiger partial charge on any atom is -0.397 e. The van der Waals surface area contributed by atoms with Crippen LogP contribution in [0.5, 0.6) is 0 Å². The summed E-state index contributed by atoms with van der Waals surface area (Å²) < 4.78 is 0. The van der Waals surface area contributed by atoms with Gasteiger partial charge in [0.25, 0.3) is 0 Å². The third kappa shape index (κ3) is 5.33. The second-order valence-electron chi connectivity index (χ2n) is 11.8. The summed E-state index contributed by atoms with van der Waals surface area (Å²) in [6, 6.07) is 13.1. The highest BCUT2D eigenvalue weighted by Gasteiger charge is 2.28. The summed E-state index contributed by atoms with van der Waals surface area (Å²) in [5.41, 5.74) is 19.0. The highest BCUT2D eigenvalue weighted by molar-refractivity contribution is 5.68. The number of nitrogens with two attached hydrogens (primary N) is 1. The van der Waals surface area contributed by atoms with Crippen molar-refractivity contribution in [1.82, 2.24) is 15.0 Å². The Kier molecular flexibility index (Phi) is 7.04. The van der Waals surface area contributed by atoms with Crippen LogP contribution in [0.4, 0.5) is 11.4 Å². The Balaban J connectivity index is 1.37. The van der Waals surface area contributed by atoms with Crippen LogP contribution in [-0.2, 0) is 19.4 Å². The Bertz CT molecular complexity index is 1360. The molecule has 198 valence electrons. The molecule has 0 amide bonds. The first kappa shape index (κ1) is 26.0. The van der Waals surface area contributed by atoms with Crippen molar-refractivity contribution >= 4 is 17.5 Å². The lowest BCUT2D eigenvalue weighted by atomic mass is 9.71. The smallest absolute Gasteiger partial charge is 0.109 e. The molecule has 2 aliphatic rings. The van der Waals surface area contributed by atoms with E-state index in [0.29, 0.717) is 0 Å². The largest absolute Gasteiger partial charge is 0.397 e. The lowest BCUT2D eigenvalue weighted by Gasteiger charge is -2.34. The Hall–Kier alpha value is -3.60. The SMILES string of the molecule is C=C1CC(C)(C)CC(=C)C1=Cc1ccc(N(CC)Cc2cc(C)cc(-n3nc4c(n3)CCCC4)c2N)cc1. The number of nitrogens with zero attached hydrogens (tertiary/aromatic N) is 4. The second kappa shape index (κ2) is 10.3. The van der Waals surface area contributed by atoms with Crippen molar-refractivity contribution < 1.29 is 0 Å². The Morgan fingerprint density at radius 2 is 1.61 bits per heavy atom. The molecule has 0 saturated heterocycles. The number of fused-ring (bicyclic) bond motifs is 1. The molecule has 0 aliphatic heterocycles. The highest BCUT2D eigenvalue weighted by atomic mass is 15.5. The summed E-state index contributed by atoms with van der Waals surface area (Å²) >= 11 is 0. The third-order valence-electron chi connectivity index (χ3n) is 7.90. The van der Waals surface area contributed by atoms with E-state index >= 15 is 0 Å². The predicted octanol–water partition coefficient (Wildman–Crippen LogP) is 7.38. The molecule has 2 aliphatic carbocycles. The average Bonchev–Trinajstić information content (AvgIpc) is 3.30. The zero-order valence-electron chi connectivity index (χ0n) is 23.5. The molecule has 0 radical (unpaired) electrons. The van der Waals surface area contributed by atoms with Gasteiger partial charge in [-0.05, 0) is 115 Å². The monoisotopic (exact) mass is 507 g/mol. The van der Waals surface area contributed by atoms with Crippen LogP contribution in [0.2, 0.25) is 0 Å².